The summed E-state index contributed by atoms with van der Waals surface area (Å²) < 4.78 is 18.6. The highest BCUT2D eigenvalue weighted by molar-refractivity contribution is 5.75. The van der Waals surface area contributed by atoms with Crippen LogP contribution in [0.4, 0.5) is 0 Å². The molecule has 3 aromatic rings. The van der Waals surface area contributed by atoms with Gasteiger partial charge in [-0.3, -0.25) is 0 Å². The lowest BCUT2D eigenvalue weighted by molar-refractivity contribution is -0.0663. The molecule has 0 bridgehead atoms. The second-order valence-electron chi connectivity index (χ2n) is 9.09. The molecular weight excluding hydrogens is 404 g/mol. The van der Waals surface area contributed by atoms with Gasteiger partial charge < -0.3 is 23.9 Å². The molecule has 0 amide bonds. The maximum Gasteiger partial charge on any atom is 0.203 e. The number of aliphatic hydroxyl groups is 1. The Morgan fingerprint density at radius 1 is 1.06 bits per heavy atom. The minimum atomic E-state index is -1.03. The summed E-state index contributed by atoms with van der Waals surface area (Å²) >= 11 is 0. The number of benzene rings is 2. The van der Waals surface area contributed by atoms with Crippen molar-refractivity contribution >= 4 is 17.1 Å². The highest BCUT2D eigenvalue weighted by Crippen LogP contribution is 2.49. The molecule has 1 aliphatic carbocycles. The average Bonchev–Trinajstić information content (AvgIpc) is 3.19. The van der Waals surface area contributed by atoms with Crippen LogP contribution in [0.15, 0.2) is 48.3 Å². The first-order valence-electron chi connectivity index (χ1n) is 11.0. The van der Waals surface area contributed by atoms with E-state index in [1.807, 2.05) is 42.7 Å². The molecule has 2 aromatic carbocycles. The Hall–Kier alpha value is -2.99. The Kier molecular flexibility index (Phi) is 5.91. The van der Waals surface area contributed by atoms with E-state index in [9.17, 15) is 5.11 Å². The Morgan fingerprint density at radius 3 is 2.41 bits per heavy atom. The molecule has 0 spiro atoms. The standard InChI is InChI=1S/C26H32N2O4/c1-25(2)12-8-9-19(13-18-14-22(30-3)24(32-5)23(15-18)31-4)26(25,29)16-28-17-27-20-10-6-7-11-21(20)28/h6-7,10-11,13-15,17,29H,8-9,12,16H2,1-5H3/b19-13+. The Bertz CT molecular complexity index is 1120. The molecule has 1 atom stereocenters. The molecule has 1 aromatic heterocycles. The lowest BCUT2D eigenvalue weighted by atomic mass is 9.62. The number of para-hydroxylation sites is 2. The molecule has 1 saturated carbocycles. The van der Waals surface area contributed by atoms with Gasteiger partial charge >= 0.3 is 0 Å². The van der Waals surface area contributed by atoms with Crippen molar-refractivity contribution in [3.63, 3.8) is 0 Å². The van der Waals surface area contributed by atoms with Gasteiger partial charge in [0, 0.05) is 0 Å². The van der Waals surface area contributed by atoms with Crippen molar-refractivity contribution in [1.29, 1.82) is 0 Å². The second-order valence-corrected chi connectivity index (χ2v) is 9.09. The summed E-state index contributed by atoms with van der Waals surface area (Å²) in [5, 5.41) is 12.2. The summed E-state index contributed by atoms with van der Waals surface area (Å²) in [6.45, 7) is 4.74. The Morgan fingerprint density at radius 2 is 1.75 bits per heavy atom. The molecule has 170 valence electrons. The number of nitrogens with zero attached hydrogens (tertiary/aromatic N) is 2. The van der Waals surface area contributed by atoms with Crippen LogP contribution in [-0.2, 0) is 6.54 Å². The van der Waals surface area contributed by atoms with E-state index in [4.69, 9.17) is 14.2 Å². The number of fused-ring (bicyclic) bond motifs is 1. The Balaban J connectivity index is 1.80. The summed E-state index contributed by atoms with van der Waals surface area (Å²) in [5.74, 6) is 1.75. The van der Waals surface area contributed by atoms with E-state index in [-0.39, 0.29) is 5.41 Å². The first-order chi connectivity index (χ1) is 15.3. The third-order valence-electron chi connectivity index (χ3n) is 6.85. The fourth-order valence-electron chi connectivity index (χ4n) is 4.84. The molecule has 6 nitrogen and oxygen atoms in total. The number of imidazole rings is 1. The summed E-state index contributed by atoms with van der Waals surface area (Å²) in [6.07, 6.45) is 6.69. The van der Waals surface area contributed by atoms with Crippen LogP contribution in [0.25, 0.3) is 17.1 Å². The SMILES string of the molecule is COc1cc(/C=C2\CCCC(C)(C)C2(O)Cn2cnc3ccccc32)cc(OC)c1OC. The van der Waals surface area contributed by atoms with Crippen LogP contribution in [0.5, 0.6) is 17.2 Å². The van der Waals surface area contributed by atoms with Crippen LogP contribution in [0.3, 0.4) is 0 Å². The smallest absolute Gasteiger partial charge is 0.203 e. The predicted octanol–water partition coefficient (Wildman–Crippen LogP) is 5.09. The average molecular weight is 437 g/mol. The molecule has 32 heavy (non-hydrogen) atoms. The Labute approximate surface area is 189 Å². The molecule has 0 aliphatic heterocycles. The fourth-order valence-corrected chi connectivity index (χ4v) is 4.84. The number of methoxy groups -OCH3 is 3. The monoisotopic (exact) mass is 436 g/mol. The second kappa shape index (κ2) is 8.51. The van der Waals surface area contributed by atoms with E-state index >= 15 is 0 Å². The molecule has 6 heteroatoms. The zero-order chi connectivity index (χ0) is 22.9. The number of aromatic nitrogens is 2. The van der Waals surface area contributed by atoms with E-state index in [1.165, 1.54) is 0 Å². The number of hydrogen-bond acceptors (Lipinski definition) is 5. The van der Waals surface area contributed by atoms with Crippen LogP contribution in [0.2, 0.25) is 0 Å². The van der Waals surface area contributed by atoms with Crippen molar-refractivity contribution in [2.45, 2.75) is 45.3 Å². The van der Waals surface area contributed by atoms with E-state index < -0.39 is 5.60 Å². The topological polar surface area (TPSA) is 65.7 Å². The van der Waals surface area contributed by atoms with Crippen molar-refractivity contribution in [2.24, 2.45) is 5.41 Å². The summed E-state index contributed by atoms with van der Waals surface area (Å²) in [4.78, 5) is 4.52. The third kappa shape index (κ3) is 3.73. The summed E-state index contributed by atoms with van der Waals surface area (Å²) in [6, 6.07) is 11.9. The zero-order valence-electron chi connectivity index (χ0n) is 19.5. The number of rotatable bonds is 6. The van der Waals surface area contributed by atoms with Gasteiger partial charge in [0.05, 0.1) is 45.2 Å². The normalized spacial score (nSPS) is 21.6. The highest BCUT2D eigenvalue weighted by atomic mass is 16.5. The quantitative estimate of drug-likeness (QED) is 0.583. The lowest BCUT2D eigenvalue weighted by Gasteiger charge is -2.48. The van der Waals surface area contributed by atoms with Crippen LogP contribution < -0.4 is 14.2 Å². The van der Waals surface area contributed by atoms with Crippen LogP contribution in [0.1, 0.15) is 38.7 Å². The minimum absolute atomic E-state index is 0.302. The van der Waals surface area contributed by atoms with Crippen molar-refractivity contribution in [1.82, 2.24) is 9.55 Å². The molecule has 4 rings (SSSR count). The molecule has 1 aliphatic rings. The van der Waals surface area contributed by atoms with Gasteiger partial charge in [-0.1, -0.05) is 32.1 Å². The maximum absolute atomic E-state index is 12.2. The molecule has 1 heterocycles. The molecule has 0 radical (unpaired) electrons. The van der Waals surface area contributed by atoms with E-state index in [1.54, 1.807) is 21.3 Å². The van der Waals surface area contributed by atoms with Crippen LogP contribution >= 0.6 is 0 Å². The minimum Gasteiger partial charge on any atom is -0.493 e. The first-order valence-corrected chi connectivity index (χ1v) is 11.0. The van der Waals surface area contributed by atoms with E-state index in [2.05, 4.69) is 29.5 Å². The largest absolute Gasteiger partial charge is 0.493 e. The van der Waals surface area contributed by atoms with Gasteiger partial charge in [0.15, 0.2) is 11.5 Å². The van der Waals surface area contributed by atoms with Gasteiger partial charge in [-0.2, -0.15) is 0 Å². The highest BCUT2D eigenvalue weighted by Gasteiger charge is 2.48. The van der Waals surface area contributed by atoms with E-state index in [0.29, 0.717) is 23.8 Å². The predicted molar refractivity (Wildman–Crippen MR) is 126 cm³/mol. The zero-order valence-corrected chi connectivity index (χ0v) is 19.5. The van der Waals surface area contributed by atoms with Crippen molar-refractivity contribution in [3.05, 3.63) is 53.9 Å². The fraction of sp³-hybridized carbons (Fsp3) is 0.423. The van der Waals surface area contributed by atoms with Gasteiger partial charge in [0.1, 0.15) is 5.60 Å². The maximum atomic E-state index is 12.2. The molecule has 0 saturated heterocycles. The molecule has 1 N–H and O–H groups in total. The van der Waals surface area contributed by atoms with Gasteiger partial charge in [-0.25, -0.2) is 4.98 Å². The summed E-state index contributed by atoms with van der Waals surface area (Å²) in [7, 11) is 4.81. The molecule has 1 unspecified atom stereocenters. The number of hydrogen-bond donors (Lipinski definition) is 1. The van der Waals surface area contributed by atoms with Gasteiger partial charge in [0.2, 0.25) is 5.75 Å². The van der Waals surface area contributed by atoms with Crippen molar-refractivity contribution < 1.29 is 19.3 Å². The summed E-state index contributed by atoms with van der Waals surface area (Å²) in [5.41, 5.74) is 2.52. The number of ether oxygens (including phenoxy) is 3. The van der Waals surface area contributed by atoms with Gasteiger partial charge in [-0.05, 0) is 60.1 Å². The third-order valence-corrected chi connectivity index (χ3v) is 6.85. The first kappa shape index (κ1) is 22.2. The van der Waals surface area contributed by atoms with Crippen LogP contribution in [0, 0.1) is 5.41 Å². The molecule has 1 fully saturated rings. The molecular formula is C26H32N2O4. The van der Waals surface area contributed by atoms with Gasteiger partial charge in [-0.15, -0.1) is 0 Å². The van der Waals surface area contributed by atoms with Crippen molar-refractivity contribution in [2.75, 3.05) is 21.3 Å². The van der Waals surface area contributed by atoms with Crippen molar-refractivity contribution in [3.8, 4) is 17.2 Å². The van der Waals surface area contributed by atoms with Crippen LogP contribution in [-0.4, -0.2) is 41.6 Å². The lowest BCUT2D eigenvalue weighted by Crippen LogP contribution is -2.51. The van der Waals surface area contributed by atoms with E-state index in [0.717, 1.165) is 41.4 Å². The van der Waals surface area contributed by atoms with Gasteiger partial charge in [0.25, 0.3) is 0 Å².